The molecule has 0 atom stereocenters. The van der Waals surface area contributed by atoms with E-state index in [2.05, 4.69) is 16.5 Å². The van der Waals surface area contributed by atoms with E-state index in [0.717, 1.165) is 30.6 Å². The Kier molecular flexibility index (Phi) is 4.94. The fourth-order valence-corrected chi connectivity index (χ4v) is 4.71. The number of aromatic nitrogens is 2. The van der Waals surface area contributed by atoms with Gasteiger partial charge in [0.15, 0.2) is 5.76 Å². The summed E-state index contributed by atoms with van der Waals surface area (Å²) in [5.74, 6) is 0.660. The van der Waals surface area contributed by atoms with Crippen LogP contribution in [0.2, 0.25) is 0 Å². The van der Waals surface area contributed by atoms with Gasteiger partial charge in [0.25, 0.3) is 5.56 Å². The van der Waals surface area contributed by atoms with E-state index >= 15 is 0 Å². The first-order chi connectivity index (χ1) is 13.2. The molecular formula is C20H21N3O3S. The van der Waals surface area contributed by atoms with E-state index in [0.29, 0.717) is 24.5 Å². The highest BCUT2D eigenvalue weighted by molar-refractivity contribution is 7.10. The molecule has 1 N–H and O–H groups in total. The molecular weight excluding hydrogens is 362 g/mol. The third-order valence-corrected chi connectivity index (χ3v) is 6.21. The molecule has 1 aliphatic carbocycles. The minimum Gasteiger partial charge on any atom is -0.463 e. The third kappa shape index (κ3) is 3.47. The van der Waals surface area contributed by atoms with Gasteiger partial charge in [-0.25, -0.2) is 4.68 Å². The molecule has 1 amide bonds. The largest absolute Gasteiger partial charge is 0.463 e. The Hall–Kier alpha value is -2.67. The fraction of sp³-hybridized carbons (Fsp3) is 0.350. The number of hydrogen-bond acceptors (Lipinski definition) is 5. The highest BCUT2D eigenvalue weighted by Gasteiger charge is 2.43. The normalized spacial score (nSPS) is 15.7. The summed E-state index contributed by atoms with van der Waals surface area (Å²) in [5.41, 5.74) is -0.0204. The minimum atomic E-state index is -0.414. The van der Waals surface area contributed by atoms with E-state index in [1.165, 1.54) is 10.7 Å². The van der Waals surface area contributed by atoms with Crippen LogP contribution >= 0.6 is 11.3 Å². The maximum absolute atomic E-state index is 13.0. The van der Waals surface area contributed by atoms with Crippen molar-refractivity contribution in [2.24, 2.45) is 0 Å². The Morgan fingerprint density at radius 1 is 1.22 bits per heavy atom. The monoisotopic (exact) mass is 383 g/mol. The molecule has 1 saturated carbocycles. The molecule has 7 heteroatoms. The average Bonchev–Trinajstić information content (AvgIpc) is 3.43. The van der Waals surface area contributed by atoms with Crippen molar-refractivity contribution in [1.82, 2.24) is 15.1 Å². The number of rotatable bonds is 6. The van der Waals surface area contributed by atoms with Crippen molar-refractivity contribution in [3.05, 3.63) is 63.3 Å². The molecule has 140 valence electrons. The summed E-state index contributed by atoms with van der Waals surface area (Å²) in [4.78, 5) is 26.2. The smallest absolute Gasteiger partial charge is 0.266 e. The highest BCUT2D eigenvalue weighted by atomic mass is 32.1. The fourth-order valence-electron chi connectivity index (χ4n) is 3.72. The molecule has 1 fully saturated rings. The summed E-state index contributed by atoms with van der Waals surface area (Å²) in [6.45, 7) is 0.681. The second-order valence-corrected chi connectivity index (χ2v) is 7.73. The number of hydrogen-bond donors (Lipinski definition) is 1. The number of nitrogens with zero attached hydrogens (tertiary/aromatic N) is 2. The van der Waals surface area contributed by atoms with Gasteiger partial charge in [-0.05, 0) is 42.5 Å². The summed E-state index contributed by atoms with van der Waals surface area (Å²) in [5, 5.41) is 9.39. The third-order valence-electron chi connectivity index (χ3n) is 5.13. The SMILES string of the molecule is O=C(NCCn1nc(-c2ccco2)ccc1=O)C1(c2cccs2)CCCC1. The zero-order valence-corrected chi connectivity index (χ0v) is 15.7. The lowest BCUT2D eigenvalue weighted by Gasteiger charge is -2.26. The Balaban J connectivity index is 1.44. The summed E-state index contributed by atoms with van der Waals surface area (Å²) in [6.07, 6.45) is 5.46. The molecule has 0 radical (unpaired) electrons. The Bertz CT molecular complexity index is 955. The lowest BCUT2D eigenvalue weighted by atomic mass is 9.83. The van der Waals surface area contributed by atoms with Gasteiger partial charge in [-0.1, -0.05) is 18.9 Å². The van der Waals surface area contributed by atoms with Crippen molar-refractivity contribution in [2.75, 3.05) is 6.54 Å². The van der Waals surface area contributed by atoms with Crippen LogP contribution in [0.5, 0.6) is 0 Å². The lowest BCUT2D eigenvalue weighted by Crippen LogP contribution is -2.43. The quantitative estimate of drug-likeness (QED) is 0.709. The van der Waals surface area contributed by atoms with Gasteiger partial charge >= 0.3 is 0 Å². The van der Waals surface area contributed by atoms with Crippen LogP contribution in [-0.4, -0.2) is 22.2 Å². The molecule has 3 aromatic rings. The van der Waals surface area contributed by atoms with E-state index in [4.69, 9.17) is 4.42 Å². The Morgan fingerprint density at radius 3 is 2.78 bits per heavy atom. The first-order valence-electron chi connectivity index (χ1n) is 9.13. The van der Waals surface area contributed by atoms with Crippen molar-refractivity contribution in [1.29, 1.82) is 0 Å². The number of nitrogens with one attached hydrogen (secondary N) is 1. The number of thiophene rings is 1. The molecule has 0 bridgehead atoms. The Morgan fingerprint density at radius 2 is 2.07 bits per heavy atom. The first-order valence-corrected chi connectivity index (χ1v) is 10.0. The van der Waals surface area contributed by atoms with Gasteiger partial charge in [-0.3, -0.25) is 9.59 Å². The molecule has 3 heterocycles. The van der Waals surface area contributed by atoms with Crippen molar-refractivity contribution in [3.8, 4) is 11.5 Å². The molecule has 27 heavy (non-hydrogen) atoms. The van der Waals surface area contributed by atoms with Gasteiger partial charge in [0.05, 0.1) is 18.2 Å². The number of furan rings is 1. The van der Waals surface area contributed by atoms with Crippen molar-refractivity contribution in [3.63, 3.8) is 0 Å². The molecule has 0 aromatic carbocycles. The van der Waals surface area contributed by atoms with E-state index in [1.54, 1.807) is 35.8 Å². The van der Waals surface area contributed by atoms with Gasteiger partial charge in [-0.2, -0.15) is 5.10 Å². The standard InChI is InChI=1S/C20H21N3O3S/c24-18-8-7-15(16-5-3-13-26-16)22-23(18)12-11-21-19(25)20(9-1-2-10-20)17-6-4-14-27-17/h3-8,13-14H,1-2,9-12H2,(H,21,25). The van der Waals surface area contributed by atoms with Crippen molar-refractivity contribution < 1.29 is 9.21 Å². The predicted octanol–water partition coefficient (Wildman–Crippen LogP) is 3.19. The molecule has 3 aromatic heterocycles. The predicted molar refractivity (Wildman–Crippen MR) is 104 cm³/mol. The van der Waals surface area contributed by atoms with E-state index in [9.17, 15) is 9.59 Å². The number of carbonyl (C=O) groups excluding carboxylic acids is 1. The van der Waals surface area contributed by atoms with Crippen LogP contribution < -0.4 is 10.9 Å². The Labute approximate surface area is 160 Å². The molecule has 0 spiro atoms. The van der Waals surface area contributed by atoms with Crippen LogP contribution in [0.25, 0.3) is 11.5 Å². The zero-order chi connectivity index (χ0) is 18.7. The molecule has 0 saturated heterocycles. The minimum absolute atomic E-state index is 0.0534. The molecule has 4 rings (SSSR count). The van der Waals surface area contributed by atoms with Crippen LogP contribution in [0.4, 0.5) is 0 Å². The zero-order valence-electron chi connectivity index (χ0n) is 14.9. The average molecular weight is 383 g/mol. The molecule has 0 unspecified atom stereocenters. The van der Waals surface area contributed by atoms with Crippen LogP contribution in [0.15, 0.2) is 57.3 Å². The second kappa shape index (κ2) is 7.52. The summed E-state index contributed by atoms with van der Waals surface area (Å²) >= 11 is 1.64. The van der Waals surface area contributed by atoms with Gasteiger partial charge in [0.1, 0.15) is 5.69 Å². The van der Waals surface area contributed by atoms with Gasteiger partial charge < -0.3 is 9.73 Å². The van der Waals surface area contributed by atoms with Crippen LogP contribution in [-0.2, 0) is 16.8 Å². The van der Waals surface area contributed by atoms with E-state index in [1.807, 2.05) is 11.4 Å². The van der Waals surface area contributed by atoms with Crippen molar-refractivity contribution in [2.45, 2.75) is 37.6 Å². The van der Waals surface area contributed by atoms with E-state index < -0.39 is 5.41 Å². The van der Waals surface area contributed by atoms with Crippen LogP contribution in [0.3, 0.4) is 0 Å². The van der Waals surface area contributed by atoms with Gasteiger partial charge in [0.2, 0.25) is 5.91 Å². The van der Waals surface area contributed by atoms with Gasteiger partial charge in [-0.15, -0.1) is 11.3 Å². The maximum Gasteiger partial charge on any atom is 0.266 e. The second-order valence-electron chi connectivity index (χ2n) is 6.78. The molecule has 0 aliphatic heterocycles. The van der Waals surface area contributed by atoms with Gasteiger partial charge in [0, 0.05) is 17.5 Å². The topological polar surface area (TPSA) is 77.1 Å². The summed E-state index contributed by atoms with van der Waals surface area (Å²) in [7, 11) is 0. The van der Waals surface area contributed by atoms with Crippen LogP contribution in [0.1, 0.15) is 30.6 Å². The molecule has 1 aliphatic rings. The maximum atomic E-state index is 13.0. The van der Waals surface area contributed by atoms with E-state index in [-0.39, 0.29) is 11.5 Å². The number of amides is 1. The van der Waals surface area contributed by atoms with Crippen molar-refractivity contribution >= 4 is 17.2 Å². The molecule has 6 nitrogen and oxygen atoms in total. The lowest BCUT2D eigenvalue weighted by molar-refractivity contribution is -0.126. The first kappa shape index (κ1) is 17.7. The summed E-state index contributed by atoms with van der Waals surface area (Å²) < 4.78 is 6.70. The summed E-state index contributed by atoms with van der Waals surface area (Å²) in [6, 6.07) is 10.7. The highest BCUT2D eigenvalue weighted by Crippen LogP contribution is 2.43. The number of carbonyl (C=O) groups is 1. The van der Waals surface area contributed by atoms with Crippen LogP contribution in [0, 0.1) is 0 Å².